The van der Waals surface area contributed by atoms with Crippen molar-refractivity contribution in [2.75, 3.05) is 19.6 Å². The summed E-state index contributed by atoms with van der Waals surface area (Å²) in [6.45, 7) is 2.65. The van der Waals surface area contributed by atoms with Gasteiger partial charge in [0.05, 0.1) is 4.90 Å². The van der Waals surface area contributed by atoms with Crippen molar-refractivity contribution in [1.82, 2.24) is 9.21 Å². The summed E-state index contributed by atoms with van der Waals surface area (Å²) in [4.78, 5) is 27.1. The Morgan fingerprint density at radius 3 is 1.84 bits per heavy atom. The first-order valence-corrected chi connectivity index (χ1v) is 11.9. The number of carbonyl (C=O) groups is 2. The Hall–Kier alpha value is -3.29. The minimum atomic E-state index is -3.75. The van der Waals surface area contributed by atoms with Crippen LogP contribution in [0.4, 0.5) is 0 Å². The second-order valence-corrected chi connectivity index (χ2v) is 9.69. The monoisotopic (exact) mass is 448 g/mol. The fourth-order valence-corrected chi connectivity index (χ4v) is 5.53. The van der Waals surface area contributed by atoms with Crippen LogP contribution in [0.3, 0.4) is 0 Å². The normalized spacial score (nSPS) is 17.2. The zero-order valence-corrected chi connectivity index (χ0v) is 18.5. The number of hydrogen-bond donors (Lipinski definition) is 0. The molecule has 0 bridgehead atoms. The molecule has 1 aliphatic rings. The fourth-order valence-electron chi connectivity index (χ4n) is 3.92. The average Bonchev–Trinajstić information content (AvgIpc) is 2.84. The number of benzene rings is 3. The van der Waals surface area contributed by atoms with Gasteiger partial charge in [-0.05, 0) is 43.3 Å². The Kier molecular flexibility index (Phi) is 6.21. The first-order valence-electron chi connectivity index (χ1n) is 10.4. The highest BCUT2D eigenvalue weighted by Gasteiger charge is 2.35. The number of ketones is 1. The first kappa shape index (κ1) is 21.9. The smallest absolute Gasteiger partial charge is 0.253 e. The predicted octanol–water partition coefficient (Wildman–Crippen LogP) is 3.45. The quantitative estimate of drug-likeness (QED) is 0.561. The Morgan fingerprint density at radius 2 is 1.28 bits per heavy atom. The van der Waals surface area contributed by atoms with E-state index >= 15 is 0 Å². The molecule has 4 rings (SSSR count). The summed E-state index contributed by atoms with van der Waals surface area (Å²) in [5, 5.41) is 0. The molecule has 1 saturated heterocycles. The predicted molar refractivity (Wildman–Crippen MR) is 122 cm³/mol. The van der Waals surface area contributed by atoms with E-state index in [4.69, 9.17) is 0 Å². The van der Waals surface area contributed by atoms with Crippen LogP contribution in [0, 0.1) is 0 Å². The summed E-state index contributed by atoms with van der Waals surface area (Å²) in [6.07, 6.45) is 0. The third-order valence-corrected chi connectivity index (χ3v) is 7.66. The van der Waals surface area contributed by atoms with Crippen molar-refractivity contribution < 1.29 is 18.0 Å². The zero-order valence-electron chi connectivity index (χ0n) is 17.7. The topological polar surface area (TPSA) is 74.8 Å². The van der Waals surface area contributed by atoms with E-state index in [2.05, 4.69) is 0 Å². The van der Waals surface area contributed by atoms with E-state index in [-0.39, 0.29) is 29.2 Å². The summed E-state index contributed by atoms with van der Waals surface area (Å²) < 4.78 is 27.9. The van der Waals surface area contributed by atoms with Gasteiger partial charge in [-0.2, -0.15) is 4.31 Å². The molecule has 3 aromatic carbocycles. The Labute approximate surface area is 188 Å². The molecule has 0 radical (unpaired) electrons. The number of nitrogens with zero attached hydrogens (tertiary/aromatic N) is 2. The van der Waals surface area contributed by atoms with Gasteiger partial charge in [0.1, 0.15) is 0 Å². The van der Waals surface area contributed by atoms with Gasteiger partial charge < -0.3 is 4.90 Å². The molecular weight excluding hydrogens is 424 g/mol. The van der Waals surface area contributed by atoms with Gasteiger partial charge in [-0.15, -0.1) is 0 Å². The number of carbonyl (C=O) groups excluding carboxylic acids is 2. The summed E-state index contributed by atoms with van der Waals surface area (Å²) >= 11 is 0. The van der Waals surface area contributed by atoms with Crippen LogP contribution in [-0.2, 0) is 10.0 Å². The van der Waals surface area contributed by atoms with Gasteiger partial charge in [0.2, 0.25) is 10.0 Å². The van der Waals surface area contributed by atoms with Crippen molar-refractivity contribution in [3.05, 3.63) is 102 Å². The molecule has 7 heteroatoms. The maximum absolute atomic E-state index is 13.2. The Morgan fingerprint density at radius 1 is 0.750 bits per heavy atom. The summed E-state index contributed by atoms with van der Waals surface area (Å²) in [6, 6.07) is 23.5. The molecule has 0 saturated carbocycles. The van der Waals surface area contributed by atoms with Crippen LogP contribution in [0.1, 0.15) is 33.2 Å². The minimum Gasteiger partial charge on any atom is -0.336 e. The SMILES string of the molecule is CC1CN(C(=O)c2ccccc2)CCN1S(=O)(=O)c1ccc(C(=O)c2ccccc2)cc1. The molecule has 1 heterocycles. The molecular formula is C25H24N2O4S. The Balaban J connectivity index is 1.48. The van der Waals surface area contributed by atoms with Gasteiger partial charge in [-0.3, -0.25) is 9.59 Å². The van der Waals surface area contributed by atoms with Crippen LogP contribution < -0.4 is 0 Å². The summed E-state index contributed by atoms with van der Waals surface area (Å²) in [7, 11) is -3.75. The van der Waals surface area contributed by atoms with Crippen LogP contribution in [0.15, 0.2) is 89.8 Å². The number of amides is 1. The molecule has 0 aromatic heterocycles. The second-order valence-electron chi connectivity index (χ2n) is 7.80. The lowest BCUT2D eigenvalue weighted by Crippen LogP contribution is -2.55. The third kappa shape index (κ3) is 4.35. The first-order chi connectivity index (χ1) is 15.4. The highest BCUT2D eigenvalue weighted by Crippen LogP contribution is 2.23. The van der Waals surface area contributed by atoms with E-state index in [9.17, 15) is 18.0 Å². The molecule has 0 spiro atoms. The average molecular weight is 449 g/mol. The maximum atomic E-state index is 13.2. The van der Waals surface area contributed by atoms with Crippen molar-refractivity contribution in [1.29, 1.82) is 0 Å². The Bertz CT molecular complexity index is 1210. The molecule has 0 N–H and O–H groups in total. The molecule has 6 nitrogen and oxygen atoms in total. The van der Waals surface area contributed by atoms with E-state index in [1.165, 1.54) is 16.4 Å². The number of sulfonamides is 1. The van der Waals surface area contributed by atoms with Crippen molar-refractivity contribution in [2.45, 2.75) is 17.9 Å². The largest absolute Gasteiger partial charge is 0.336 e. The highest BCUT2D eigenvalue weighted by molar-refractivity contribution is 7.89. The lowest BCUT2D eigenvalue weighted by Gasteiger charge is -2.39. The summed E-state index contributed by atoms with van der Waals surface area (Å²) in [5.41, 5.74) is 1.58. The fraction of sp³-hybridized carbons (Fsp3) is 0.200. The molecule has 1 fully saturated rings. The van der Waals surface area contributed by atoms with Crippen LogP contribution in [-0.4, -0.2) is 55.0 Å². The van der Waals surface area contributed by atoms with Gasteiger partial charge in [-0.25, -0.2) is 8.42 Å². The molecule has 0 aliphatic carbocycles. The van der Waals surface area contributed by atoms with Gasteiger partial charge in [0.15, 0.2) is 5.78 Å². The minimum absolute atomic E-state index is 0.0988. The third-order valence-electron chi connectivity index (χ3n) is 5.63. The van der Waals surface area contributed by atoms with E-state index in [1.54, 1.807) is 60.4 Å². The molecule has 1 aliphatic heterocycles. The van der Waals surface area contributed by atoms with Crippen molar-refractivity contribution in [3.8, 4) is 0 Å². The van der Waals surface area contributed by atoms with Gasteiger partial charge >= 0.3 is 0 Å². The van der Waals surface area contributed by atoms with Crippen molar-refractivity contribution >= 4 is 21.7 Å². The van der Waals surface area contributed by atoms with Crippen LogP contribution in [0.25, 0.3) is 0 Å². The number of piperazine rings is 1. The van der Waals surface area contributed by atoms with Crippen LogP contribution >= 0.6 is 0 Å². The van der Waals surface area contributed by atoms with Gasteiger partial charge in [0.25, 0.3) is 5.91 Å². The standard InChI is InChI=1S/C25H24N2O4S/c1-19-18-26(25(29)22-10-6-3-7-11-22)16-17-27(19)32(30,31)23-14-12-21(13-15-23)24(28)20-8-4-2-5-9-20/h2-15,19H,16-18H2,1H3. The van der Waals surface area contributed by atoms with Crippen molar-refractivity contribution in [2.24, 2.45) is 0 Å². The maximum Gasteiger partial charge on any atom is 0.253 e. The van der Waals surface area contributed by atoms with Crippen LogP contribution in [0.2, 0.25) is 0 Å². The van der Waals surface area contributed by atoms with E-state index < -0.39 is 10.0 Å². The van der Waals surface area contributed by atoms with Gasteiger partial charge in [0, 0.05) is 42.4 Å². The number of hydrogen-bond acceptors (Lipinski definition) is 4. The molecule has 32 heavy (non-hydrogen) atoms. The second kappa shape index (κ2) is 9.06. The molecule has 3 aromatic rings. The lowest BCUT2D eigenvalue weighted by molar-refractivity contribution is 0.0642. The lowest BCUT2D eigenvalue weighted by atomic mass is 10.0. The zero-order chi connectivity index (χ0) is 22.7. The molecule has 1 atom stereocenters. The molecule has 1 unspecified atom stereocenters. The van der Waals surface area contributed by atoms with E-state index in [0.717, 1.165) is 0 Å². The number of rotatable bonds is 5. The van der Waals surface area contributed by atoms with Gasteiger partial charge in [-0.1, -0.05) is 48.5 Å². The molecule has 1 amide bonds. The molecule has 164 valence electrons. The van der Waals surface area contributed by atoms with Crippen molar-refractivity contribution in [3.63, 3.8) is 0 Å². The van der Waals surface area contributed by atoms with E-state index in [0.29, 0.717) is 29.8 Å². The van der Waals surface area contributed by atoms with Crippen LogP contribution in [0.5, 0.6) is 0 Å². The highest BCUT2D eigenvalue weighted by atomic mass is 32.2. The summed E-state index contributed by atoms with van der Waals surface area (Å²) in [5.74, 6) is -0.255. The van der Waals surface area contributed by atoms with E-state index in [1.807, 2.05) is 24.3 Å².